The van der Waals surface area contributed by atoms with Gasteiger partial charge in [0.05, 0.1) is 18.4 Å². The van der Waals surface area contributed by atoms with Gasteiger partial charge in [-0.15, -0.1) is 0 Å². The number of hydrogen-bond acceptors (Lipinski definition) is 3. The van der Waals surface area contributed by atoms with E-state index in [1.807, 2.05) is 0 Å². The van der Waals surface area contributed by atoms with E-state index in [4.69, 9.17) is 10.5 Å². The van der Waals surface area contributed by atoms with Crippen LogP contribution in [0.3, 0.4) is 0 Å². The number of nitrogen functional groups attached to an aromatic ring is 1. The van der Waals surface area contributed by atoms with Crippen LogP contribution >= 0.6 is 0 Å². The molecule has 1 fully saturated rings. The fourth-order valence-corrected chi connectivity index (χ4v) is 2.44. The number of rotatable bonds is 4. The van der Waals surface area contributed by atoms with Crippen molar-refractivity contribution in [1.82, 2.24) is 5.32 Å². The highest BCUT2D eigenvalue weighted by molar-refractivity contribution is 5.99. The number of nitrogens with one attached hydrogen (secondary N) is 1. The highest BCUT2D eigenvalue weighted by Gasteiger charge is 2.37. The van der Waals surface area contributed by atoms with E-state index in [2.05, 4.69) is 12.2 Å². The number of anilines is 1. The molecule has 0 aromatic heterocycles. The molecule has 0 spiro atoms. The second kappa shape index (κ2) is 4.88. The van der Waals surface area contributed by atoms with Gasteiger partial charge in [0.2, 0.25) is 0 Å². The molecular formula is C14H20N2O2. The fourth-order valence-electron chi connectivity index (χ4n) is 2.44. The summed E-state index contributed by atoms with van der Waals surface area (Å²) in [5, 5.41) is 3.12. The van der Waals surface area contributed by atoms with Gasteiger partial charge in [0, 0.05) is 5.54 Å². The highest BCUT2D eigenvalue weighted by atomic mass is 16.5. The molecule has 98 valence electrons. The Morgan fingerprint density at radius 1 is 1.50 bits per heavy atom. The van der Waals surface area contributed by atoms with Crippen molar-refractivity contribution < 1.29 is 9.53 Å². The van der Waals surface area contributed by atoms with Crippen LogP contribution < -0.4 is 15.8 Å². The van der Waals surface area contributed by atoms with Crippen molar-refractivity contribution in [2.24, 2.45) is 0 Å². The maximum Gasteiger partial charge on any atom is 0.255 e. The van der Waals surface area contributed by atoms with E-state index in [1.54, 1.807) is 18.2 Å². The molecule has 4 heteroatoms. The third-order valence-electron chi connectivity index (χ3n) is 3.86. The molecule has 4 nitrogen and oxygen atoms in total. The summed E-state index contributed by atoms with van der Waals surface area (Å²) in [4.78, 5) is 12.3. The summed E-state index contributed by atoms with van der Waals surface area (Å²) >= 11 is 0. The number of carbonyl (C=O) groups is 1. The summed E-state index contributed by atoms with van der Waals surface area (Å²) in [6, 6.07) is 5.24. The molecule has 0 aliphatic heterocycles. The van der Waals surface area contributed by atoms with Crippen molar-refractivity contribution in [3.63, 3.8) is 0 Å². The van der Waals surface area contributed by atoms with E-state index in [1.165, 1.54) is 13.5 Å². The Hall–Kier alpha value is -1.71. The summed E-state index contributed by atoms with van der Waals surface area (Å²) in [7, 11) is 1.53. The number of carbonyl (C=O) groups excluding carboxylic acids is 1. The monoisotopic (exact) mass is 248 g/mol. The molecule has 0 radical (unpaired) electrons. The van der Waals surface area contributed by atoms with Crippen LogP contribution in [0, 0.1) is 0 Å². The van der Waals surface area contributed by atoms with E-state index in [-0.39, 0.29) is 11.4 Å². The van der Waals surface area contributed by atoms with Gasteiger partial charge in [-0.2, -0.15) is 0 Å². The van der Waals surface area contributed by atoms with Crippen LogP contribution in [0.25, 0.3) is 0 Å². The number of nitrogens with two attached hydrogens (primary N) is 1. The maximum atomic E-state index is 12.3. The molecule has 0 atom stereocenters. The Morgan fingerprint density at radius 3 is 2.72 bits per heavy atom. The van der Waals surface area contributed by atoms with Crippen LogP contribution in [-0.2, 0) is 0 Å². The van der Waals surface area contributed by atoms with Crippen molar-refractivity contribution >= 4 is 11.6 Å². The number of benzene rings is 1. The van der Waals surface area contributed by atoms with E-state index in [0.29, 0.717) is 17.0 Å². The molecule has 0 unspecified atom stereocenters. The van der Waals surface area contributed by atoms with Crippen LogP contribution in [0.5, 0.6) is 5.75 Å². The molecule has 1 aromatic carbocycles. The van der Waals surface area contributed by atoms with Crippen LogP contribution in [0.1, 0.15) is 43.0 Å². The van der Waals surface area contributed by atoms with E-state index in [9.17, 15) is 4.79 Å². The van der Waals surface area contributed by atoms with Crippen LogP contribution in [0.15, 0.2) is 18.2 Å². The van der Waals surface area contributed by atoms with Gasteiger partial charge >= 0.3 is 0 Å². The smallest absolute Gasteiger partial charge is 0.255 e. The summed E-state index contributed by atoms with van der Waals surface area (Å²) in [6.45, 7) is 2.11. The molecule has 0 saturated heterocycles. The van der Waals surface area contributed by atoms with Gasteiger partial charge in [0.1, 0.15) is 0 Å². The standard InChI is InChI=1S/C14H20N2O2/c1-3-14(8-5-9-14)16-13(17)10-6-4-7-11(15)12(10)18-2/h4,6-7H,3,5,8-9,15H2,1-2H3,(H,16,17). The Morgan fingerprint density at radius 2 is 2.22 bits per heavy atom. The average molecular weight is 248 g/mol. The van der Waals surface area contributed by atoms with Gasteiger partial charge in [-0.25, -0.2) is 0 Å². The highest BCUT2D eigenvalue weighted by Crippen LogP contribution is 2.35. The minimum atomic E-state index is -0.0966. The number of ether oxygens (including phenoxy) is 1. The van der Waals surface area contributed by atoms with Gasteiger partial charge in [-0.05, 0) is 37.8 Å². The third-order valence-corrected chi connectivity index (χ3v) is 3.86. The predicted octanol–water partition coefficient (Wildman–Crippen LogP) is 2.34. The van der Waals surface area contributed by atoms with Gasteiger partial charge in [-0.3, -0.25) is 4.79 Å². The molecule has 3 N–H and O–H groups in total. The Kier molecular flexibility index (Phi) is 3.45. The molecule has 1 amide bonds. The first-order valence-corrected chi connectivity index (χ1v) is 6.37. The van der Waals surface area contributed by atoms with Gasteiger partial charge in [-0.1, -0.05) is 13.0 Å². The Balaban J connectivity index is 2.21. The Labute approximate surface area is 108 Å². The zero-order valence-electron chi connectivity index (χ0n) is 11.0. The van der Waals surface area contributed by atoms with Crippen molar-refractivity contribution in [2.75, 3.05) is 12.8 Å². The minimum absolute atomic E-state index is 0.0211. The zero-order chi connectivity index (χ0) is 13.2. The lowest BCUT2D eigenvalue weighted by Crippen LogP contribution is -2.53. The molecule has 0 bridgehead atoms. The van der Waals surface area contributed by atoms with E-state index >= 15 is 0 Å². The molecule has 0 heterocycles. The third kappa shape index (κ3) is 2.15. The van der Waals surface area contributed by atoms with Crippen LogP contribution in [0.2, 0.25) is 0 Å². The lowest BCUT2D eigenvalue weighted by molar-refractivity contribution is 0.0817. The lowest BCUT2D eigenvalue weighted by Gasteiger charge is -2.42. The molecule has 2 rings (SSSR count). The van der Waals surface area contributed by atoms with Crippen LogP contribution in [0.4, 0.5) is 5.69 Å². The molecule has 1 aromatic rings. The van der Waals surface area contributed by atoms with E-state index < -0.39 is 0 Å². The molecule has 18 heavy (non-hydrogen) atoms. The Bertz CT molecular complexity index is 448. The summed E-state index contributed by atoms with van der Waals surface area (Å²) in [5.41, 5.74) is 6.79. The van der Waals surface area contributed by atoms with Crippen molar-refractivity contribution in [3.8, 4) is 5.75 Å². The first-order valence-electron chi connectivity index (χ1n) is 6.37. The molecular weight excluding hydrogens is 228 g/mol. The molecule has 1 aliphatic carbocycles. The first-order chi connectivity index (χ1) is 8.62. The number of amides is 1. The zero-order valence-corrected chi connectivity index (χ0v) is 11.0. The number of methoxy groups -OCH3 is 1. The van der Waals surface area contributed by atoms with Gasteiger partial charge < -0.3 is 15.8 Å². The quantitative estimate of drug-likeness (QED) is 0.804. The van der Waals surface area contributed by atoms with E-state index in [0.717, 1.165) is 19.3 Å². The second-order valence-corrected chi connectivity index (χ2v) is 4.87. The van der Waals surface area contributed by atoms with Gasteiger partial charge in [0.25, 0.3) is 5.91 Å². The topological polar surface area (TPSA) is 64.4 Å². The number of para-hydroxylation sites is 1. The molecule has 1 saturated carbocycles. The van der Waals surface area contributed by atoms with Crippen LogP contribution in [-0.4, -0.2) is 18.6 Å². The first kappa shape index (κ1) is 12.7. The average Bonchev–Trinajstić information content (AvgIpc) is 2.33. The van der Waals surface area contributed by atoms with Gasteiger partial charge in [0.15, 0.2) is 5.75 Å². The minimum Gasteiger partial charge on any atom is -0.494 e. The SMILES string of the molecule is CCC1(NC(=O)c2cccc(N)c2OC)CCC1. The maximum absolute atomic E-state index is 12.3. The normalized spacial score (nSPS) is 16.8. The summed E-state index contributed by atoms with van der Waals surface area (Å²) in [6.07, 6.45) is 4.26. The lowest BCUT2D eigenvalue weighted by atomic mass is 9.74. The predicted molar refractivity (Wildman–Crippen MR) is 71.7 cm³/mol. The summed E-state index contributed by atoms with van der Waals surface area (Å²) < 4.78 is 5.21. The fraction of sp³-hybridized carbons (Fsp3) is 0.500. The largest absolute Gasteiger partial charge is 0.494 e. The second-order valence-electron chi connectivity index (χ2n) is 4.87. The summed E-state index contributed by atoms with van der Waals surface area (Å²) in [5.74, 6) is 0.362. The van der Waals surface area contributed by atoms with Crippen molar-refractivity contribution in [3.05, 3.63) is 23.8 Å². The number of hydrogen-bond donors (Lipinski definition) is 2. The van der Waals surface area contributed by atoms with Crippen molar-refractivity contribution in [1.29, 1.82) is 0 Å². The molecule has 1 aliphatic rings. The van der Waals surface area contributed by atoms with Crippen molar-refractivity contribution in [2.45, 2.75) is 38.1 Å².